The Morgan fingerprint density at radius 3 is 2.24 bits per heavy atom. The van der Waals surface area contributed by atoms with Crippen molar-refractivity contribution in [2.24, 2.45) is 0 Å². The summed E-state index contributed by atoms with van der Waals surface area (Å²) in [5.74, 6) is -1.70. The number of benzene rings is 2. The lowest BCUT2D eigenvalue weighted by Crippen LogP contribution is -2.31. The van der Waals surface area contributed by atoms with E-state index >= 15 is 0 Å². The summed E-state index contributed by atoms with van der Waals surface area (Å²) < 4.78 is 39.1. The van der Waals surface area contributed by atoms with Gasteiger partial charge >= 0.3 is 0 Å². The smallest absolute Gasteiger partial charge is 0.171 e. The highest BCUT2D eigenvalue weighted by atomic mass is 32.1. The van der Waals surface area contributed by atoms with Gasteiger partial charge in [0.1, 0.15) is 17.5 Å². The van der Waals surface area contributed by atoms with Crippen molar-refractivity contribution in [2.45, 2.75) is 13.0 Å². The lowest BCUT2D eigenvalue weighted by molar-refractivity contribution is 0.586. The topological polar surface area (TPSA) is 24.1 Å². The molecule has 1 unspecified atom stereocenters. The second-order valence-electron chi connectivity index (χ2n) is 4.50. The van der Waals surface area contributed by atoms with Crippen LogP contribution in [0.3, 0.4) is 0 Å². The molecule has 2 aromatic carbocycles. The summed E-state index contributed by atoms with van der Waals surface area (Å²) in [4.78, 5) is 0. The van der Waals surface area contributed by atoms with Gasteiger partial charge in [-0.25, -0.2) is 13.2 Å². The molecule has 1 atom stereocenters. The quantitative estimate of drug-likeness (QED) is 0.833. The minimum atomic E-state index is -0.728. The fourth-order valence-corrected chi connectivity index (χ4v) is 2.07. The van der Waals surface area contributed by atoms with Crippen LogP contribution in [0.5, 0.6) is 0 Å². The summed E-state index contributed by atoms with van der Waals surface area (Å²) in [5, 5.41) is 5.79. The van der Waals surface area contributed by atoms with Crippen molar-refractivity contribution < 1.29 is 13.2 Å². The van der Waals surface area contributed by atoms with E-state index in [1.54, 1.807) is 12.1 Å². The molecular formula is C15H13F3N2S. The van der Waals surface area contributed by atoms with E-state index in [-0.39, 0.29) is 22.7 Å². The highest BCUT2D eigenvalue weighted by Crippen LogP contribution is 2.16. The number of halogens is 3. The zero-order chi connectivity index (χ0) is 15.4. The van der Waals surface area contributed by atoms with Crippen LogP contribution in [0.1, 0.15) is 18.5 Å². The molecule has 0 aliphatic heterocycles. The van der Waals surface area contributed by atoms with Crippen molar-refractivity contribution in [2.75, 3.05) is 5.32 Å². The van der Waals surface area contributed by atoms with Gasteiger partial charge in [-0.15, -0.1) is 0 Å². The molecule has 110 valence electrons. The van der Waals surface area contributed by atoms with Crippen molar-refractivity contribution in [1.82, 2.24) is 5.32 Å². The molecule has 0 saturated carbocycles. The van der Waals surface area contributed by atoms with E-state index in [4.69, 9.17) is 12.2 Å². The Morgan fingerprint density at radius 2 is 1.62 bits per heavy atom. The molecule has 0 bridgehead atoms. The zero-order valence-corrected chi connectivity index (χ0v) is 12.0. The first-order valence-electron chi connectivity index (χ1n) is 6.24. The van der Waals surface area contributed by atoms with E-state index in [1.807, 2.05) is 6.92 Å². The maximum absolute atomic E-state index is 13.5. The van der Waals surface area contributed by atoms with Gasteiger partial charge in [0.05, 0.1) is 11.7 Å². The molecular weight excluding hydrogens is 297 g/mol. The van der Waals surface area contributed by atoms with E-state index in [1.165, 1.54) is 18.2 Å². The van der Waals surface area contributed by atoms with Crippen LogP contribution in [-0.4, -0.2) is 5.11 Å². The Labute approximate surface area is 126 Å². The van der Waals surface area contributed by atoms with Gasteiger partial charge in [0.2, 0.25) is 0 Å². The first-order valence-corrected chi connectivity index (χ1v) is 6.64. The fraction of sp³-hybridized carbons (Fsp3) is 0.133. The number of nitrogens with one attached hydrogen (secondary N) is 2. The molecule has 0 aliphatic rings. The highest BCUT2D eigenvalue weighted by molar-refractivity contribution is 7.80. The minimum absolute atomic E-state index is 0.0835. The summed E-state index contributed by atoms with van der Waals surface area (Å²) in [6.45, 7) is 1.84. The first kappa shape index (κ1) is 15.3. The number of hydrogen-bond acceptors (Lipinski definition) is 1. The second kappa shape index (κ2) is 6.58. The Balaban J connectivity index is 1.99. The van der Waals surface area contributed by atoms with Gasteiger partial charge < -0.3 is 10.6 Å². The number of thiocarbonyl (C=S) groups is 1. The average Bonchev–Trinajstić information content (AvgIpc) is 2.42. The maximum Gasteiger partial charge on any atom is 0.171 e. The monoisotopic (exact) mass is 310 g/mol. The molecule has 2 aromatic rings. The van der Waals surface area contributed by atoms with Gasteiger partial charge in [-0.3, -0.25) is 0 Å². The fourth-order valence-electron chi connectivity index (χ4n) is 1.78. The third-order valence-electron chi connectivity index (χ3n) is 2.90. The third kappa shape index (κ3) is 4.19. The molecule has 0 amide bonds. The number of anilines is 1. The summed E-state index contributed by atoms with van der Waals surface area (Å²) >= 11 is 5.07. The average molecular weight is 310 g/mol. The Morgan fingerprint density at radius 1 is 1.00 bits per heavy atom. The molecule has 0 heterocycles. The van der Waals surface area contributed by atoms with Crippen molar-refractivity contribution in [1.29, 1.82) is 0 Å². The van der Waals surface area contributed by atoms with E-state index in [0.29, 0.717) is 0 Å². The van der Waals surface area contributed by atoms with Crippen LogP contribution in [0, 0.1) is 17.5 Å². The molecule has 0 aromatic heterocycles. The van der Waals surface area contributed by atoms with Gasteiger partial charge in [0, 0.05) is 6.07 Å². The van der Waals surface area contributed by atoms with Gasteiger partial charge in [0.25, 0.3) is 0 Å². The van der Waals surface area contributed by atoms with E-state index in [9.17, 15) is 13.2 Å². The summed E-state index contributed by atoms with van der Waals surface area (Å²) in [7, 11) is 0. The normalized spacial score (nSPS) is 11.8. The van der Waals surface area contributed by atoms with Gasteiger partial charge in [-0.2, -0.15) is 0 Å². The van der Waals surface area contributed by atoms with Crippen LogP contribution < -0.4 is 10.6 Å². The lowest BCUT2D eigenvalue weighted by Gasteiger charge is -2.17. The second-order valence-corrected chi connectivity index (χ2v) is 4.90. The van der Waals surface area contributed by atoms with E-state index in [2.05, 4.69) is 10.6 Å². The molecule has 0 spiro atoms. The molecule has 2 rings (SSSR count). The van der Waals surface area contributed by atoms with E-state index < -0.39 is 11.6 Å². The van der Waals surface area contributed by atoms with Crippen molar-refractivity contribution in [3.05, 3.63) is 65.5 Å². The van der Waals surface area contributed by atoms with Crippen LogP contribution in [-0.2, 0) is 0 Å². The molecule has 21 heavy (non-hydrogen) atoms. The Kier molecular flexibility index (Phi) is 4.80. The van der Waals surface area contributed by atoms with Crippen LogP contribution in [0.2, 0.25) is 0 Å². The SMILES string of the molecule is CC(NC(=S)Nc1ccc(F)cc1F)c1ccc(F)cc1. The van der Waals surface area contributed by atoms with Crippen LogP contribution >= 0.6 is 12.2 Å². The molecule has 0 radical (unpaired) electrons. The van der Waals surface area contributed by atoms with E-state index in [0.717, 1.165) is 17.7 Å². The molecule has 6 heteroatoms. The largest absolute Gasteiger partial charge is 0.356 e. The summed E-state index contributed by atoms with van der Waals surface area (Å²) in [6.07, 6.45) is 0. The highest BCUT2D eigenvalue weighted by Gasteiger charge is 2.09. The van der Waals surface area contributed by atoms with Crippen LogP contribution in [0.15, 0.2) is 42.5 Å². The summed E-state index contributed by atoms with van der Waals surface area (Å²) in [6, 6.07) is 8.96. The van der Waals surface area contributed by atoms with Crippen molar-refractivity contribution in [3.8, 4) is 0 Å². The third-order valence-corrected chi connectivity index (χ3v) is 3.12. The number of hydrogen-bond donors (Lipinski definition) is 2. The van der Waals surface area contributed by atoms with Crippen LogP contribution in [0.4, 0.5) is 18.9 Å². The van der Waals surface area contributed by atoms with Crippen molar-refractivity contribution in [3.63, 3.8) is 0 Å². The van der Waals surface area contributed by atoms with Gasteiger partial charge in [0.15, 0.2) is 5.11 Å². The molecule has 0 fully saturated rings. The molecule has 0 saturated heterocycles. The lowest BCUT2D eigenvalue weighted by atomic mass is 10.1. The Hall–Kier alpha value is -2.08. The molecule has 2 N–H and O–H groups in total. The van der Waals surface area contributed by atoms with Crippen molar-refractivity contribution >= 4 is 23.0 Å². The first-order chi connectivity index (χ1) is 9.95. The minimum Gasteiger partial charge on any atom is -0.356 e. The number of rotatable bonds is 3. The molecule has 0 aliphatic carbocycles. The Bertz CT molecular complexity index is 644. The predicted octanol–water partition coefficient (Wildman–Crippen LogP) is 4.15. The van der Waals surface area contributed by atoms with Crippen LogP contribution in [0.25, 0.3) is 0 Å². The standard InChI is InChI=1S/C15H13F3N2S/c1-9(10-2-4-11(16)5-3-10)19-15(21)20-14-7-6-12(17)8-13(14)18/h2-9H,1H3,(H2,19,20,21). The van der Waals surface area contributed by atoms with Gasteiger partial charge in [-0.1, -0.05) is 12.1 Å². The van der Waals surface area contributed by atoms with Gasteiger partial charge in [-0.05, 0) is 49.0 Å². The predicted molar refractivity (Wildman–Crippen MR) is 80.5 cm³/mol. The maximum atomic E-state index is 13.5. The molecule has 2 nitrogen and oxygen atoms in total. The zero-order valence-electron chi connectivity index (χ0n) is 11.2. The summed E-state index contributed by atoms with van der Waals surface area (Å²) in [5.41, 5.74) is 0.917.